The van der Waals surface area contributed by atoms with Crippen LogP contribution in [0.4, 0.5) is 11.4 Å². The Balaban J connectivity index is 0.00000169. The third-order valence-corrected chi connectivity index (χ3v) is 5.34. The lowest BCUT2D eigenvalue weighted by atomic mass is 9.93. The van der Waals surface area contributed by atoms with Gasteiger partial charge in [-0.25, -0.2) is 0 Å². The lowest BCUT2D eigenvalue weighted by Gasteiger charge is -2.23. The third kappa shape index (κ3) is 7.34. The van der Waals surface area contributed by atoms with Crippen LogP contribution in [-0.2, 0) is 4.79 Å². The minimum absolute atomic E-state index is 0. The number of anilines is 2. The number of nitrogens with one attached hydrogen (secondary N) is 2. The van der Waals surface area contributed by atoms with Gasteiger partial charge in [-0.2, -0.15) is 0 Å². The monoisotopic (exact) mass is 401 g/mol. The van der Waals surface area contributed by atoms with Gasteiger partial charge >= 0.3 is 0 Å². The first-order valence-electron chi connectivity index (χ1n) is 9.67. The van der Waals surface area contributed by atoms with E-state index >= 15 is 0 Å². The van der Waals surface area contributed by atoms with Gasteiger partial charge in [-0.1, -0.05) is 18.9 Å². The summed E-state index contributed by atoms with van der Waals surface area (Å²) in [7, 11) is 0. The molecule has 1 aromatic carbocycles. The Labute approximate surface area is 170 Å². The molecule has 0 atom stereocenters. The van der Waals surface area contributed by atoms with Gasteiger partial charge in [0, 0.05) is 30.9 Å². The van der Waals surface area contributed by atoms with Crippen molar-refractivity contribution in [1.29, 1.82) is 0 Å². The van der Waals surface area contributed by atoms with E-state index < -0.39 is 0 Å². The normalized spacial score (nSPS) is 18.2. The second-order valence-corrected chi connectivity index (χ2v) is 7.23. The minimum atomic E-state index is 0. The maximum Gasteiger partial charge on any atom is 0.224 e. The van der Waals surface area contributed by atoms with Crippen molar-refractivity contribution in [1.82, 2.24) is 5.32 Å². The zero-order valence-corrected chi connectivity index (χ0v) is 17.2. The number of amides is 1. The molecule has 0 radical (unpaired) electrons. The van der Waals surface area contributed by atoms with Crippen molar-refractivity contribution in [3.63, 3.8) is 0 Å². The molecular weight excluding hydrogens is 369 g/mol. The number of rotatable bonds is 5. The number of halogens is 2. The van der Waals surface area contributed by atoms with Crippen molar-refractivity contribution in [3.05, 3.63) is 24.3 Å². The Kier molecular flexibility index (Phi) is 11.0. The molecule has 148 valence electrons. The predicted molar refractivity (Wildman–Crippen MR) is 115 cm³/mol. The van der Waals surface area contributed by atoms with Gasteiger partial charge in [-0.15, -0.1) is 24.8 Å². The fourth-order valence-corrected chi connectivity index (χ4v) is 3.84. The fraction of sp³-hybridized carbons (Fsp3) is 0.650. The van der Waals surface area contributed by atoms with E-state index in [1.54, 1.807) is 0 Å². The van der Waals surface area contributed by atoms with E-state index in [9.17, 15) is 4.79 Å². The number of hydrogen-bond donors (Lipinski definition) is 2. The average Bonchev–Trinajstić information content (AvgIpc) is 2.91. The largest absolute Gasteiger partial charge is 0.371 e. The Hall–Kier alpha value is -0.970. The summed E-state index contributed by atoms with van der Waals surface area (Å²) in [5, 5.41) is 6.47. The molecule has 0 bridgehead atoms. The highest BCUT2D eigenvalue weighted by atomic mass is 35.5. The molecule has 2 aliphatic rings. The lowest BCUT2D eigenvalue weighted by Crippen LogP contribution is -2.28. The summed E-state index contributed by atoms with van der Waals surface area (Å²) in [5.74, 6) is 0.863. The maximum absolute atomic E-state index is 12.3. The summed E-state index contributed by atoms with van der Waals surface area (Å²) in [6.45, 7) is 4.47. The second-order valence-electron chi connectivity index (χ2n) is 7.23. The number of hydrogen-bond acceptors (Lipinski definition) is 3. The molecule has 3 rings (SSSR count). The maximum atomic E-state index is 12.3. The molecule has 1 amide bonds. The fourth-order valence-electron chi connectivity index (χ4n) is 3.84. The summed E-state index contributed by atoms with van der Waals surface area (Å²) < 4.78 is 0. The van der Waals surface area contributed by atoms with Crippen LogP contribution in [-0.4, -0.2) is 32.1 Å². The molecule has 2 aliphatic heterocycles. The van der Waals surface area contributed by atoms with Crippen LogP contribution in [0.3, 0.4) is 0 Å². The van der Waals surface area contributed by atoms with Crippen molar-refractivity contribution in [3.8, 4) is 0 Å². The Morgan fingerprint density at radius 3 is 2.46 bits per heavy atom. The van der Waals surface area contributed by atoms with Crippen molar-refractivity contribution in [2.24, 2.45) is 5.92 Å². The molecule has 2 heterocycles. The molecule has 6 heteroatoms. The van der Waals surface area contributed by atoms with Gasteiger partial charge in [-0.05, 0) is 69.3 Å². The van der Waals surface area contributed by atoms with Crippen LogP contribution in [0.2, 0.25) is 0 Å². The first kappa shape index (κ1) is 23.1. The average molecular weight is 402 g/mol. The van der Waals surface area contributed by atoms with E-state index in [0.29, 0.717) is 12.3 Å². The topological polar surface area (TPSA) is 44.4 Å². The van der Waals surface area contributed by atoms with E-state index in [0.717, 1.165) is 38.3 Å². The van der Waals surface area contributed by atoms with Crippen molar-refractivity contribution >= 4 is 42.1 Å². The van der Waals surface area contributed by atoms with Crippen molar-refractivity contribution < 1.29 is 4.79 Å². The van der Waals surface area contributed by atoms with Crippen LogP contribution >= 0.6 is 24.8 Å². The highest BCUT2D eigenvalue weighted by Crippen LogP contribution is 2.23. The molecule has 0 aromatic heterocycles. The minimum Gasteiger partial charge on any atom is -0.371 e. The lowest BCUT2D eigenvalue weighted by molar-refractivity contribution is -0.116. The van der Waals surface area contributed by atoms with Crippen LogP contribution < -0.4 is 15.5 Å². The molecule has 0 spiro atoms. The summed E-state index contributed by atoms with van der Waals surface area (Å²) >= 11 is 0. The van der Waals surface area contributed by atoms with E-state index in [-0.39, 0.29) is 30.7 Å². The number of carbonyl (C=O) groups excluding carboxylic acids is 1. The third-order valence-electron chi connectivity index (χ3n) is 5.34. The van der Waals surface area contributed by atoms with Gasteiger partial charge in [0.05, 0.1) is 0 Å². The van der Waals surface area contributed by atoms with Crippen molar-refractivity contribution in [2.45, 2.75) is 51.4 Å². The van der Waals surface area contributed by atoms with Crippen LogP contribution in [0.15, 0.2) is 24.3 Å². The Morgan fingerprint density at radius 1 is 1.08 bits per heavy atom. The van der Waals surface area contributed by atoms with E-state index in [1.807, 2.05) is 6.07 Å². The number of benzene rings is 1. The van der Waals surface area contributed by atoms with Gasteiger partial charge in [0.1, 0.15) is 0 Å². The number of nitrogens with zero attached hydrogens (tertiary/aromatic N) is 1. The van der Waals surface area contributed by atoms with Gasteiger partial charge in [0.15, 0.2) is 0 Å². The van der Waals surface area contributed by atoms with E-state index in [1.165, 1.54) is 44.2 Å². The number of piperidine rings is 1. The molecule has 4 nitrogen and oxygen atoms in total. The molecule has 2 N–H and O–H groups in total. The number of carbonyl (C=O) groups is 1. The molecule has 0 unspecified atom stereocenters. The highest BCUT2D eigenvalue weighted by molar-refractivity contribution is 5.91. The summed E-state index contributed by atoms with van der Waals surface area (Å²) in [4.78, 5) is 14.7. The summed E-state index contributed by atoms with van der Waals surface area (Å²) in [6, 6.07) is 8.36. The van der Waals surface area contributed by atoms with Gasteiger partial charge < -0.3 is 15.5 Å². The molecule has 0 aliphatic carbocycles. The molecule has 2 saturated heterocycles. The summed E-state index contributed by atoms with van der Waals surface area (Å²) in [6.07, 6.45) is 9.28. The van der Waals surface area contributed by atoms with Crippen molar-refractivity contribution in [2.75, 3.05) is 36.4 Å². The predicted octanol–water partition coefficient (Wildman–Crippen LogP) is 4.63. The van der Waals surface area contributed by atoms with Gasteiger partial charge in [0.2, 0.25) is 5.91 Å². The van der Waals surface area contributed by atoms with Gasteiger partial charge in [-0.3, -0.25) is 4.79 Å². The SMILES string of the molecule is Cl.Cl.O=C(CCC1CCNCC1)Nc1cccc(N2CCCCCC2)c1. The Bertz CT molecular complexity index is 528. The standard InChI is InChI=1S/C20H31N3O.2ClH/c24-20(9-8-17-10-12-21-13-11-17)22-18-6-5-7-19(16-18)23-14-3-1-2-4-15-23;;/h5-7,16-17,21H,1-4,8-15H2,(H,22,24);2*1H. The molecule has 2 fully saturated rings. The molecule has 26 heavy (non-hydrogen) atoms. The quantitative estimate of drug-likeness (QED) is 0.755. The zero-order valence-electron chi connectivity index (χ0n) is 15.5. The van der Waals surface area contributed by atoms with Gasteiger partial charge in [0.25, 0.3) is 0 Å². The molecular formula is C20H33Cl2N3O. The summed E-state index contributed by atoms with van der Waals surface area (Å²) in [5.41, 5.74) is 2.18. The Morgan fingerprint density at radius 2 is 1.77 bits per heavy atom. The molecule has 0 saturated carbocycles. The first-order chi connectivity index (χ1) is 11.8. The van der Waals surface area contributed by atoms with E-state index in [4.69, 9.17) is 0 Å². The smallest absolute Gasteiger partial charge is 0.224 e. The van der Waals surface area contributed by atoms with E-state index in [2.05, 4.69) is 33.7 Å². The van der Waals surface area contributed by atoms with Crippen LogP contribution in [0.5, 0.6) is 0 Å². The zero-order chi connectivity index (χ0) is 16.6. The first-order valence-corrected chi connectivity index (χ1v) is 9.67. The second kappa shape index (κ2) is 12.4. The highest BCUT2D eigenvalue weighted by Gasteiger charge is 2.15. The van der Waals surface area contributed by atoms with Crippen LogP contribution in [0, 0.1) is 5.92 Å². The molecule has 1 aromatic rings. The van der Waals surface area contributed by atoms with Crippen LogP contribution in [0.1, 0.15) is 51.4 Å². The van der Waals surface area contributed by atoms with Crippen LogP contribution in [0.25, 0.3) is 0 Å².